The highest BCUT2D eigenvalue weighted by atomic mass is 16.5. The monoisotopic (exact) mass is 532 g/mol. The largest absolute Gasteiger partial charge is 0.497 e. The second-order valence-corrected chi connectivity index (χ2v) is 10.0. The van der Waals surface area contributed by atoms with E-state index in [1.54, 1.807) is 7.11 Å². The molecule has 39 heavy (non-hydrogen) atoms. The standard InChI is InChI=1S/C29H36N6O4/c1-38-25-10-8-22(9-11-25)26-31-29(39-32-26)35-16-12-23(13-17-35)27(36)30-14-5-15-33-18-20-34(21-19-33)28(37)24-6-3-2-4-7-24/h2-4,6-11,23H,5,12-21H2,1H3,(H,30,36). The average Bonchev–Trinajstić information content (AvgIpc) is 3.50. The molecule has 2 amide bonds. The van der Waals surface area contributed by atoms with Gasteiger partial charge in [0.05, 0.1) is 7.11 Å². The second kappa shape index (κ2) is 12.8. The van der Waals surface area contributed by atoms with Crippen LogP contribution in [-0.2, 0) is 4.79 Å². The number of hydrogen-bond donors (Lipinski definition) is 1. The Morgan fingerprint density at radius 2 is 1.69 bits per heavy atom. The zero-order valence-electron chi connectivity index (χ0n) is 22.4. The number of methoxy groups -OCH3 is 1. The Kier molecular flexibility index (Phi) is 8.72. The first-order valence-corrected chi connectivity index (χ1v) is 13.7. The van der Waals surface area contributed by atoms with Gasteiger partial charge in [-0.2, -0.15) is 4.98 Å². The summed E-state index contributed by atoms with van der Waals surface area (Å²) in [5.41, 5.74) is 1.61. The third-order valence-corrected chi connectivity index (χ3v) is 7.53. The van der Waals surface area contributed by atoms with Crippen molar-refractivity contribution in [1.29, 1.82) is 0 Å². The molecule has 0 bridgehead atoms. The summed E-state index contributed by atoms with van der Waals surface area (Å²) in [6, 6.07) is 17.5. The Hall–Kier alpha value is -3.92. The number of anilines is 1. The first-order chi connectivity index (χ1) is 19.1. The summed E-state index contributed by atoms with van der Waals surface area (Å²) < 4.78 is 10.7. The van der Waals surface area contributed by atoms with Crippen molar-refractivity contribution in [3.05, 3.63) is 60.2 Å². The van der Waals surface area contributed by atoms with Crippen LogP contribution in [0, 0.1) is 5.92 Å². The number of carbonyl (C=O) groups is 2. The quantitative estimate of drug-likeness (QED) is 0.420. The Bertz CT molecular complexity index is 1220. The number of nitrogens with one attached hydrogen (secondary N) is 1. The molecule has 0 saturated carbocycles. The lowest BCUT2D eigenvalue weighted by molar-refractivity contribution is -0.125. The predicted molar refractivity (Wildman–Crippen MR) is 148 cm³/mol. The van der Waals surface area contributed by atoms with E-state index in [0.717, 1.165) is 68.9 Å². The summed E-state index contributed by atoms with van der Waals surface area (Å²) in [6.45, 7) is 6.18. The van der Waals surface area contributed by atoms with Crippen LogP contribution in [0.4, 0.5) is 6.01 Å². The normalized spacial score (nSPS) is 16.7. The minimum absolute atomic E-state index is 0.00206. The van der Waals surface area contributed by atoms with Gasteiger partial charge in [-0.1, -0.05) is 23.4 Å². The lowest BCUT2D eigenvalue weighted by Crippen LogP contribution is -2.49. The third-order valence-electron chi connectivity index (χ3n) is 7.53. The first kappa shape index (κ1) is 26.7. The van der Waals surface area contributed by atoms with Gasteiger partial charge < -0.3 is 24.4 Å². The number of amides is 2. The molecule has 2 aliphatic rings. The van der Waals surface area contributed by atoms with E-state index in [4.69, 9.17) is 9.26 Å². The molecule has 2 aliphatic heterocycles. The van der Waals surface area contributed by atoms with Crippen molar-refractivity contribution in [1.82, 2.24) is 25.3 Å². The molecule has 10 heteroatoms. The Morgan fingerprint density at radius 3 is 2.38 bits per heavy atom. The lowest BCUT2D eigenvalue weighted by Gasteiger charge is -2.35. The van der Waals surface area contributed by atoms with E-state index in [9.17, 15) is 9.59 Å². The molecule has 0 spiro atoms. The van der Waals surface area contributed by atoms with Crippen molar-refractivity contribution in [2.45, 2.75) is 19.3 Å². The van der Waals surface area contributed by atoms with Gasteiger partial charge in [0.2, 0.25) is 11.7 Å². The van der Waals surface area contributed by atoms with E-state index in [-0.39, 0.29) is 17.7 Å². The van der Waals surface area contributed by atoms with Gasteiger partial charge in [0.1, 0.15) is 5.75 Å². The van der Waals surface area contributed by atoms with Crippen LogP contribution in [0.25, 0.3) is 11.4 Å². The maximum atomic E-state index is 12.7. The Labute approximate surface area is 228 Å². The molecule has 1 aromatic heterocycles. The topological polar surface area (TPSA) is 104 Å². The molecular formula is C29H36N6O4. The van der Waals surface area contributed by atoms with Crippen molar-refractivity contribution >= 4 is 17.8 Å². The van der Waals surface area contributed by atoms with E-state index in [2.05, 4.69) is 20.4 Å². The van der Waals surface area contributed by atoms with E-state index >= 15 is 0 Å². The number of rotatable bonds is 9. The fourth-order valence-corrected chi connectivity index (χ4v) is 5.13. The van der Waals surface area contributed by atoms with Crippen molar-refractivity contribution < 1.29 is 18.8 Å². The predicted octanol–water partition coefficient (Wildman–Crippen LogP) is 2.93. The van der Waals surface area contributed by atoms with E-state index in [1.807, 2.05) is 64.4 Å². The minimum atomic E-state index is -0.00206. The van der Waals surface area contributed by atoms with Crippen LogP contribution in [0.15, 0.2) is 59.1 Å². The van der Waals surface area contributed by atoms with E-state index < -0.39 is 0 Å². The first-order valence-electron chi connectivity index (χ1n) is 13.7. The fourth-order valence-electron chi connectivity index (χ4n) is 5.13. The van der Waals surface area contributed by atoms with Gasteiger partial charge in [-0.25, -0.2) is 0 Å². The molecule has 0 atom stereocenters. The summed E-state index contributed by atoms with van der Waals surface area (Å²) in [5, 5.41) is 7.23. The van der Waals surface area contributed by atoms with Gasteiger partial charge in [-0.3, -0.25) is 14.5 Å². The van der Waals surface area contributed by atoms with Gasteiger partial charge >= 0.3 is 6.01 Å². The maximum absolute atomic E-state index is 12.7. The molecule has 10 nitrogen and oxygen atoms in total. The average molecular weight is 533 g/mol. The van der Waals surface area contributed by atoms with Crippen LogP contribution in [0.5, 0.6) is 5.75 Å². The minimum Gasteiger partial charge on any atom is -0.497 e. The molecule has 0 aliphatic carbocycles. The van der Waals surface area contributed by atoms with E-state index in [1.165, 1.54) is 0 Å². The molecular weight excluding hydrogens is 496 g/mol. The number of ether oxygens (including phenoxy) is 1. The number of aromatic nitrogens is 2. The smallest absolute Gasteiger partial charge is 0.324 e. The van der Waals surface area contributed by atoms with Crippen molar-refractivity contribution in [3.63, 3.8) is 0 Å². The van der Waals surface area contributed by atoms with Gasteiger partial charge in [-0.05, 0) is 62.2 Å². The molecule has 3 heterocycles. The summed E-state index contributed by atoms with van der Waals surface area (Å²) in [5.74, 6) is 1.54. The molecule has 2 saturated heterocycles. The summed E-state index contributed by atoms with van der Waals surface area (Å²) in [4.78, 5) is 36.2. The van der Waals surface area contributed by atoms with Gasteiger partial charge in [-0.15, -0.1) is 0 Å². The van der Waals surface area contributed by atoms with Crippen LogP contribution in [0.1, 0.15) is 29.6 Å². The van der Waals surface area contributed by atoms with Crippen molar-refractivity contribution in [2.75, 3.05) is 64.4 Å². The number of carbonyl (C=O) groups excluding carboxylic acids is 2. The van der Waals surface area contributed by atoms with Crippen molar-refractivity contribution in [2.24, 2.45) is 5.92 Å². The van der Waals surface area contributed by atoms with Crippen molar-refractivity contribution in [3.8, 4) is 17.1 Å². The highest BCUT2D eigenvalue weighted by Gasteiger charge is 2.28. The second-order valence-electron chi connectivity index (χ2n) is 10.0. The number of piperidine rings is 1. The van der Waals surface area contributed by atoms with Gasteiger partial charge in [0.25, 0.3) is 5.91 Å². The molecule has 0 unspecified atom stereocenters. The van der Waals surface area contributed by atoms with Crippen LogP contribution in [0.3, 0.4) is 0 Å². The molecule has 2 fully saturated rings. The fraction of sp³-hybridized carbons (Fsp3) is 0.448. The zero-order valence-corrected chi connectivity index (χ0v) is 22.4. The van der Waals surface area contributed by atoms with E-state index in [0.29, 0.717) is 31.5 Å². The van der Waals surface area contributed by atoms with Gasteiger partial charge in [0.15, 0.2) is 0 Å². The third kappa shape index (κ3) is 6.75. The molecule has 2 aromatic carbocycles. The Morgan fingerprint density at radius 1 is 0.974 bits per heavy atom. The number of hydrogen-bond acceptors (Lipinski definition) is 8. The summed E-state index contributed by atoms with van der Waals surface area (Å²) in [6.07, 6.45) is 2.40. The molecule has 206 valence electrons. The van der Waals surface area contributed by atoms with Crippen LogP contribution >= 0.6 is 0 Å². The zero-order chi connectivity index (χ0) is 27.0. The highest BCUT2D eigenvalue weighted by Crippen LogP contribution is 2.26. The highest BCUT2D eigenvalue weighted by molar-refractivity contribution is 5.94. The molecule has 5 rings (SSSR count). The molecule has 0 radical (unpaired) electrons. The Balaban J connectivity index is 0.979. The number of nitrogens with zero attached hydrogens (tertiary/aromatic N) is 5. The molecule has 3 aromatic rings. The van der Waals surface area contributed by atoms with Crippen LogP contribution in [-0.4, -0.2) is 91.2 Å². The van der Waals surface area contributed by atoms with Crippen LogP contribution in [0.2, 0.25) is 0 Å². The number of benzene rings is 2. The van der Waals surface area contributed by atoms with Crippen LogP contribution < -0.4 is 15.0 Å². The van der Waals surface area contributed by atoms with Gasteiger partial charge in [0, 0.05) is 62.9 Å². The molecule has 1 N–H and O–H groups in total. The summed E-state index contributed by atoms with van der Waals surface area (Å²) >= 11 is 0. The SMILES string of the molecule is COc1ccc(-c2noc(N3CCC(C(=O)NCCCN4CCN(C(=O)c5ccccc5)CC4)CC3)n2)cc1. The summed E-state index contributed by atoms with van der Waals surface area (Å²) in [7, 11) is 1.63. The lowest BCUT2D eigenvalue weighted by atomic mass is 9.96. The number of piperazine rings is 1. The maximum Gasteiger partial charge on any atom is 0.324 e.